The van der Waals surface area contributed by atoms with Crippen molar-refractivity contribution in [3.05, 3.63) is 12.2 Å². The van der Waals surface area contributed by atoms with Crippen LogP contribution in [0.2, 0.25) is 0 Å². The highest BCUT2D eigenvalue weighted by Gasteiger charge is 2.38. The molecule has 104 valence electrons. The lowest BCUT2D eigenvalue weighted by molar-refractivity contribution is 0.0339. The quantitative estimate of drug-likeness (QED) is 0.711. The Morgan fingerprint density at radius 3 is 2.50 bits per heavy atom. The van der Waals surface area contributed by atoms with Crippen LogP contribution in [0.1, 0.15) is 47.0 Å². The van der Waals surface area contributed by atoms with Crippen LogP contribution >= 0.6 is 0 Å². The molecule has 2 rings (SSSR count). The third-order valence-corrected chi connectivity index (χ3v) is 4.63. The fraction of sp³-hybridized carbons (Fsp3) is 0.875. The maximum absolute atomic E-state index is 10.3. The minimum absolute atomic E-state index is 0.517. The molecular weight excluding hydrogens is 222 g/mol. The second kappa shape index (κ2) is 5.34. The van der Waals surface area contributed by atoms with Crippen molar-refractivity contribution in [3.8, 4) is 0 Å². The molecular formula is C16H29NO. The van der Waals surface area contributed by atoms with Crippen LogP contribution in [0.25, 0.3) is 0 Å². The van der Waals surface area contributed by atoms with Crippen LogP contribution in [-0.2, 0) is 0 Å². The predicted octanol–water partition coefficient (Wildman–Crippen LogP) is 2.97. The van der Waals surface area contributed by atoms with Gasteiger partial charge in [0.05, 0.1) is 5.60 Å². The molecule has 0 amide bonds. The summed E-state index contributed by atoms with van der Waals surface area (Å²) in [5.41, 5.74) is -0.574. The molecule has 5 atom stereocenters. The maximum atomic E-state index is 10.3. The summed E-state index contributed by atoms with van der Waals surface area (Å²) >= 11 is 0. The van der Waals surface area contributed by atoms with E-state index in [4.69, 9.17) is 0 Å². The van der Waals surface area contributed by atoms with Gasteiger partial charge in [-0.1, -0.05) is 26.0 Å². The number of hydrogen-bond acceptors (Lipinski definition) is 2. The van der Waals surface area contributed by atoms with E-state index in [1.807, 2.05) is 6.92 Å². The van der Waals surface area contributed by atoms with Crippen LogP contribution in [0.15, 0.2) is 12.2 Å². The predicted molar refractivity (Wildman–Crippen MR) is 76.4 cm³/mol. The standard InChI is InChI=1S/C16H29NO/c1-11(2)9-16(4,18)10-17-12(3)15-8-13-5-6-14(15)7-13/h5-6,11-15,17-18H,7-10H2,1-4H3. The van der Waals surface area contributed by atoms with E-state index in [-0.39, 0.29) is 0 Å². The summed E-state index contributed by atoms with van der Waals surface area (Å²) < 4.78 is 0. The number of allylic oxidation sites excluding steroid dienone is 2. The van der Waals surface area contributed by atoms with Crippen LogP contribution in [0.4, 0.5) is 0 Å². The fourth-order valence-corrected chi connectivity index (χ4v) is 3.88. The third-order valence-electron chi connectivity index (χ3n) is 4.63. The largest absolute Gasteiger partial charge is 0.389 e. The molecule has 1 fully saturated rings. The lowest BCUT2D eigenvalue weighted by Crippen LogP contribution is -2.45. The lowest BCUT2D eigenvalue weighted by Gasteiger charge is -2.31. The molecule has 2 heteroatoms. The molecule has 0 saturated heterocycles. The van der Waals surface area contributed by atoms with E-state index >= 15 is 0 Å². The highest BCUT2D eigenvalue weighted by Crippen LogP contribution is 2.44. The Balaban J connectivity index is 1.78. The first-order valence-corrected chi connectivity index (χ1v) is 7.51. The Morgan fingerprint density at radius 2 is 2.00 bits per heavy atom. The topological polar surface area (TPSA) is 32.3 Å². The van der Waals surface area contributed by atoms with Crippen molar-refractivity contribution in [1.29, 1.82) is 0 Å². The van der Waals surface area contributed by atoms with Crippen molar-refractivity contribution in [2.45, 2.75) is 58.6 Å². The number of nitrogens with one attached hydrogen (secondary N) is 1. The molecule has 0 aliphatic heterocycles. The minimum atomic E-state index is -0.574. The summed E-state index contributed by atoms with van der Waals surface area (Å²) in [6.07, 6.45) is 8.36. The van der Waals surface area contributed by atoms with Gasteiger partial charge in [-0.3, -0.25) is 0 Å². The van der Waals surface area contributed by atoms with Gasteiger partial charge in [-0.2, -0.15) is 0 Å². The maximum Gasteiger partial charge on any atom is 0.0746 e. The monoisotopic (exact) mass is 251 g/mol. The van der Waals surface area contributed by atoms with Gasteiger partial charge in [-0.05, 0) is 56.8 Å². The van der Waals surface area contributed by atoms with E-state index < -0.39 is 5.60 Å². The molecule has 2 aliphatic rings. The van der Waals surface area contributed by atoms with Crippen molar-refractivity contribution in [2.75, 3.05) is 6.54 Å². The summed E-state index contributed by atoms with van der Waals surface area (Å²) in [6.45, 7) is 9.28. The molecule has 2 bridgehead atoms. The molecule has 2 N–H and O–H groups in total. The Kier molecular flexibility index (Phi) is 4.18. The van der Waals surface area contributed by atoms with Gasteiger partial charge in [-0.25, -0.2) is 0 Å². The lowest BCUT2D eigenvalue weighted by atomic mass is 9.87. The van der Waals surface area contributed by atoms with E-state index in [9.17, 15) is 5.11 Å². The highest BCUT2D eigenvalue weighted by atomic mass is 16.3. The Bertz CT molecular complexity index is 308. The van der Waals surface area contributed by atoms with E-state index in [1.54, 1.807) is 0 Å². The van der Waals surface area contributed by atoms with Gasteiger partial charge in [0.1, 0.15) is 0 Å². The summed E-state index contributed by atoms with van der Waals surface area (Å²) in [5, 5.41) is 13.9. The second-order valence-electron chi connectivity index (χ2n) is 7.21. The zero-order valence-corrected chi connectivity index (χ0v) is 12.3. The van der Waals surface area contributed by atoms with Crippen molar-refractivity contribution < 1.29 is 5.11 Å². The number of fused-ring (bicyclic) bond motifs is 2. The Morgan fingerprint density at radius 1 is 1.28 bits per heavy atom. The molecule has 2 aliphatic carbocycles. The minimum Gasteiger partial charge on any atom is -0.389 e. The average molecular weight is 251 g/mol. The third kappa shape index (κ3) is 3.36. The van der Waals surface area contributed by atoms with Crippen LogP contribution in [0.3, 0.4) is 0 Å². The molecule has 0 heterocycles. The SMILES string of the molecule is CC(C)CC(C)(O)CNC(C)C1CC2C=CC1C2. The Labute approximate surface area is 112 Å². The smallest absolute Gasteiger partial charge is 0.0746 e. The molecule has 0 aromatic heterocycles. The van der Waals surface area contributed by atoms with Gasteiger partial charge in [-0.15, -0.1) is 0 Å². The van der Waals surface area contributed by atoms with Gasteiger partial charge < -0.3 is 10.4 Å². The fourth-order valence-electron chi connectivity index (χ4n) is 3.88. The molecule has 1 saturated carbocycles. The Hall–Kier alpha value is -0.340. The number of hydrogen-bond donors (Lipinski definition) is 2. The molecule has 2 nitrogen and oxygen atoms in total. The van der Waals surface area contributed by atoms with Gasteiger partial charge in [0, 0.05) is 12.6 Å². The zero-order chi connectivity index (χ0) is 13.3. The van der Waals surface area contributed by atoms with Crippen LogP contribution in [0.5, 0.6) is 0 Å². The van der Waals surface area contributed by atoms with Gasteiger partial charge in [0.25, 0.3) is 0 Å². The normalized spacial score (nSPS) is 35.1. The van der Waals surface area contributed by atoms with Crippen LogP contribution in [-0.4, -0.2) is 23.3 Å². The number of rotatable bonds is 6. The molecule has 0 aromatic rings. The van der Waals surface area contributed by atoms with Gasteiger partial charge >= 0.3 is 0 Å². The summed E-state index contributed by atoms with van der Waals surface area (Å²) in [5.74, 6) is 2.94. The number of aliphatic hydroxyl groups is 1. The van der Waals surface area contributed by atoms with Gasteiger partial charge in [0.15, 0.2) is 0 Å². The first kappa shape index (κ1) is 14.1. The van der Waals surface area contributed by atoms with Crippen molar-refractivity contribution in [2.24, 2.45) is 23.7 Å². The van der Waals surface area contributed by atoms with E-state index in [0.29, 0.717) is 18.5 Å². The highest BCUT2D eigenvalue weighted by molar-refractivity contribution is 5.11. The van der Waals surface area contributed by atoms with E-state index in [2.05, 4.69) is 38.2 Å². The molecule has 5 unspecified atom stereocenters. The van der Waals surface area contributed by atoms with Crippen LogP contribution < -0.4 is 5.32 Å². The van der Waals surface area contributed by atoms with Gasteiger partial charge in [0.2, 0.25) is 0 Å². The molecule has 0 radical (unpaired) electrons. The second-order valence-corrected chi connectivity index (χ2v) is 7.21. The molecule has 0 spiro atoms. The first-order chi connectivity index (χ1) is 8.37. The average Bonchev–Trinajstić information content (AvgIpc) is 2.85. The zero-order valence-electron chi connectivity index (χ0n) is 12.3. The van der Waals surface area contributed by atoms with Crippen LogP contribution in [0, 0.1) is 23.7 Å². The molecule has 0 aromatic carbocycles. The summed E-state index contributed by atoms with van der Waals surface area (Å²) in [6, 6.07) is 0.517. The molecule has 18 heavy (non-hydrogen) atoms. The van der Waals surface area contributed by atoms with E-state index in [0.717, 1.165) is 24.2 Å². The first-order valence-electron chi connectivity index (χ1n) is 7.51. The summed E-state index contributed by atoms with van der Waals surface area (Å²) in [4.78, 5) is 0. The van der Waals surface area contributed by atoms with Crippen molar-refractivity contribution >= 4 is 0 Å². The van der Waals surface area contributed by atoms with Crippen molar-refractivity contribution in [3.63, 3.8) is 0 Å². The van der Waals surface area contributed by atoms with Crippen molar-refractivity contribution in [1.82, 2.24) is 5.32 Å². The summed E-state index contributed by atoms with van der Waals surface area (Å²) in [7, 11) is 0. The van der Waals surface area contributed by atoms with E-state index in [1.165, 1.54) is 12.8 Å².